The van der Waals surface area contributed by atoms with Crippen molar-refractivity contribution in [2.45, 2.75) is 52.5 Å². The normalized spacial score (nSPS) is 17.0. The van der Waals surface area contributed by atoms with Crippen LogP contribution in [-0.2, 0) is 0 Å². The van der Waals surface area contributed by atoms with Gasteiger partial charge >= 0.3 is 0 Å². The highest BCUT2D eigenvalue weighted by molar-refractivity contribution is 6.32. The Kier molecular flexibility index (Phi) is 6.54. The lowest BCUT2D eigenvalue weighted by atomic mass is 9.94. The largest absolute Gasteiger partial charge is 0.493 e. The molecule has 3 nitrogen and oxygen atoms in total. The maximum Gasteiger partial charge on any atom is 0.124 e. The van der Waals surface area contributed by atoms with Crippen LogP contribution in [0.4, 0.5) is 0 Å². The van der Waals surface area contributed by atoms with Gasteiger partial charge in [-0.2, -0.15) is 0 Å². The number of nitrogens with zero attached hydrogens (tertiary/aromatic N) is 1. The highest BCUT2D eigenvalue weighted by Gasteiger charge is 2.28. The molecule has 0 radical (unpaired) electrons. The summed E-state index contributed by atoms with van der Waals surface area (Å²) in [6.07, 6.45) is 4.16. The SMILES string of the molecule is CCCOc1cc(C)c(Cl)c(C)c1C(CCO)N1CCCC1. The van der Waals surface area contributed by atoms with Crippen molar-refractivity contribution in [2.75, 3.05) is 26.3 Å². The number of benzene rings is 1. The van der Waals surface area contributed by atoms with Crippen LogP contribution in [0.15, 0.2) is 6.07 Å². The van der Waals surface area contributed by atoms with Crippen LogP contribution in [-0.4, -0.2) is 36.3 Å². The van der Waals surface area contributed by atoms with E-state index in [-0.39, 0.29) is 12.6 Å². The van der Waals surface area contributed by atoms with Gasteiger partial charge in [-0.15, -0.1) is 0 Å². The first-order valence-electron chi connectivity index (χ1n) is 8.37. The fraction of sp³-hybridized carbons (Fsp3) is 0.667. The smallest absolute Gasteiger partial charge is 0.124 e. The molecule has 22 heavy (non-hydrogen) atoms. The first-order valence-corrected chi connectivity index (χ1v) is 8.75. The van der Waals surface area contributed by atoms with E-state index in [1.807, 2.05) is 6.92 Å². The summed E-state index contributed by atoms with van der Waals surface area (Å²) in [5, 5.41) is 10.4. The van der Waals surface area contributed by atoms with E-state index in [4.69, 9.17) is 16.3 Å². The fourth-order valence-electron chi connectivity index (χ4n) is 3.37. The van der Waals surface area contributed by atoms with E-state index in [9.17, 15) is 5.11 Å². The lowest BCUT2D eigenvalue weighted by Gasteiger charge is -2.31. The van der Waals surface area contributed by atoms with Crippen molar-refractivity contribution < 1.29 is 9.84 Å². The Bertz CT molecular complexity index is 498. The molecule has 0 spiro atoms. The third-order valence-electron chi connectivity index (χ3n) is 4.47. The van der Waals surface area contributed by atoms with Crippen molar-refractivity contribution in [3.63, 3.8) is 0 Å². The maximum absolute atomic E-state index is 9.54. The molecule has 0 saturated carbocycles. The molecule has 1 aliphatic rings. The molecule has 2 rings (SSSR count). The quantitative estimate of drug-likeness (QED) is 0.812. The second kappa shape index (κ2) is 8.19. The van der Waals surface area contributed by atoms with Crippen LogP contribution >= 0.6 is 11.6 Å². The van der Waals surface area contributed by atoms with Crippen molar-refractivity contribution in [1.29, 1.82) is 0 Å². The van der Waals surface area contributed by atoms with Crippen LogP contribution in [0.3, 0.4) is 0 Å². The minimum absolute atomic E-state index is 0.180. The summed E-state index contributed by atoms with van der Waals surface area (Å²) in [5.74, 6) is 0.937. The molecule has 1 N–H and O–H groups in total. The summed E-state index contributed by atoms with van der Waals surface area (Å²) in [7, 11) is 0. The summed E-state index contributed by atoms with van der Waals surface area (Å²) in [4.78, 5) is 2.46. The van der Waals surface area contributed by atoms with Gasteiger partial charge in [-0.3, -0.25) is 4.90 Å². The number of halogens is 1. The number of aliphatic hydroxyl groups is 1. The molecule has 4 heteroatoms. The van der Waals surface area contributed by atoms with Gasteiger partial charge in [-0.25, -0.2) is 0 Å². The number of ether oxygens (including phenoxy) is 1. The molecule has 1 aliphatic heterocycles. The molecule has 0 bridgehead atoms. The second-order valence-corrected chi connectivity index (χ2v) is 6.54. The molecule has 1 unspecified atom stereocenters. The van der Waals surface area contributed by atoms with E-state index < -0.39 is 0 Å². The topological polar surface area (TPSA) is 32.7 Å². The molecule has 1 saturated heterocycles. The highest BCUT2D eigenvalue weighted by atomic mass is 35.5. The van der Waals surface area contributed by atoms with Crippen LogP contribution in [0.5, 0.6) is 5.75 Å². The Labute approximate surface area is 139 Å². The van der Waals surface area contributed by atoms with Crippen molar-refractivity contribution >= 4 is 11.6 Å². The van der Waals surface area contributed by atoms with Gasteiger partial charge in [-0.1, -0.05) is 18.5 Å². The number of aliphatic hydroxyl groups excluding tert-OH is 1. The molecule has 0 aliphatic carbocycles. The zero-order valence-corrected chi connectivity index (χ0v) is 14.7. The van der Waals surface area contributed by atoms with Gasteiger partial charge in [0.25, 0.3) is 0 Å². The number of rotatable bonds is 7. The first kappa shape index (κ1) is 17.6. The molecule has 0 aromatic heterocycles. The average Bonchev–Trinajstić information content (AvgIpc) is 3.03. The molecule has 124 valence electrons. The molecule has 0 amide bonds. The van der Waals surface area contributed by atoms with E-state index in [1.165, 1.54) is 18.4 Å². The van der Waals surface area contributed by atoms with Crippen LogP contribution in [0.25, 0.3) is 0 Å². The standard InChI is InChI=1S/C18H28ClNO2/c1-4-11-22-16-12-13(2)18(19)14(3)17(16)15(7-10-21)20-8-5-6-9-20/h12,15,21H,4-11H2,1-3H3. The van der Waals surface area contributed by atoms with Crippen LogP contribution < -0.4 is 4.74 Å². The molecule has 1 aromatic carbocycles. The minimum Gasteiger partial charge on any atom is -0.493 e. The molecular weight excluding hydrogens is 298 g/mol. The number of hydrogen-bond donors (Lipinski definition) is 1. The van der Waals surface area contributed by atoms with Crippen molar-refractivity contribution in [1.82, 2.24) is 4.90 Å². The fourth-order valence-corrected chi connectivity index (χ4v) is 3.52. The number of aryl methyl sites for hydroxylation is 1. The Balaban J connectivity index is 2.45. The summed E-state index contributed by atoms with van der Waals surface area (Å²) in [6, 6.07) is 2.25. The Morgan fingerprint density at radius 1 is 1.32 bits per heavy atom. The van der Waals surface area contributed by atoms with Crippen molar-refractivity contribution in [3.05, 3.63) is 27.8 Å². The number of hydrogen-bond acceptors (Lipinski definition) is 3. The van der Waals surface area contributed by atoms with E-state index in [0.717, 1.165) is 47.8 Å². The Morgan fingerprint density at radius 3 is 2.59 bits per heavy atom. The van der Waals surface area contributed by atoms with Gasteiger partial charge in [0.2, 0.25) is 0 Å². The van der Waals surface area contributed by atoms with Crippen LogP contribution in [0.1, 0.15) is 55.3 Å². The van der Waals surface area contributed by atoms with Gasteiger partial charge in [0.05, 0.1) is 6.61 Å². The third kappa shape index (κ3) is 3.76. The Hall–Kier alpha value is -0.770. The van der Waals surface area contributed by atoms with Crippen LogP contribution in [0, 0.1) is 13.8 Å². The number of likely N-dealkylation sites (tertiary alicyclic amines) is 1. The third-order valence-corrected chi connectivity index (χ3v) is 5.05. The van der Waals surface area contributed by atoms with Gasteiger partial charge in [0, 0.05) is 23.2 Å². The summed E-state index contributed by atoms with van der Waals surface area (Å²) in [5.41, 5.74) is 3.32. The monoisotopic (exact) mass is 325 g/mol. The van der Waals surface area contributed by atoms with Gasteiger partial charge < -0.3 is 9.84 Å². The zero-order valence-electron chi connectivity index (χ0n) is 14.0. The Morgan fingerprint density at radius 2 is 2.00 bits per heavy atom. The van der Waals surface area contributed by atoms with Crippen molar-refractivity contribution in [3.8, 4) is 5.75 Å². The molecule has 1 aromatic rings. The van der Waals surface area contributed by atoms with Crippen molar-refractivity contribution in [2.24, 2.45) is 0 Å². The summed E-state index contributed by atoms with van der Waals surface area (Å²) in [6.45, 7) is 9.27. The second-order valence-electron chi connectivity index (χ2n) is 6.16. The van der Waals surface area contributed by atoms with E-state index in [0.29, 0.717) is 6.61 Å². The molecule has 1 heterocycles. The van der Waals surface area contributed by atoms with E-state index in [1.54, 1.807) is 0 Å². The highest BCUT2D eigenvalue weighted by Crippen LogP contribution is 2.40. The first-order chi connectivity index (χ1) is 10.6. The lowest BCUT2D eigenvalue weighted by molar-refractivity contribution is 0.180. The summed E-state index contributed by atoms with van der Waals surface area (Å²) >= 11 is 6.50. The molecular formula is C18H28ClNO2. The predicted molar refractivity (Wildman–Crippen MR) is 92.0 cm³/mol. The van der Waals surface area contributed by atoms with Crippen LogP contribution in [0.2, 0.25) is 5.02 Å². The molecule has 1 atom stereocenters. The van der Waals surface area contributed by atoms with E-state index >= 15 is 0 Å². The summed E-state index contributed by atoms with van der Waals surface area (Å²) < 4.78 is 6.02. The maximum atomic E-state index is 9.54. The van der Waals surface area contributed by atoms with E-state index in [2.05, 4.69) is 24.8 Å². The van der Waals surface area contributed by atoms with Gasteiger partial charge in [0.15, 0.2) is 0 Å². The van der Waals surface area contributed by atoms with Gasteiger partial charge in [-0.05, 0) is 69.8 Å². The minimum atomic E-state index is 0.180. The molecule has 1 fully saturated rings. The average molecular weight is 326 g/mol. The van der Waals surface area contributed by atoms with Gasteiger partial charge in [0.1, 0.15) is 5.75 Å². The predicted octanol–water partition coefficient (Wildman–Crippen LogP) is 4.26. The lowest BCUT2D eigenvalue weighted by Crippen LogP contribution is -2.28. The zero-order chi connectivity index (χ0) is 16.1.